The minimum Gasteiger partial charge on any atom is -0.462 e. The first-order valence-corrected chi connectivity index (χ1v) is 9.35. The van der Waals surface area contributed by atoms with Gasteiger partial charge in [0, 0.05) is 11.4 Å². The molecule has 24 heavy (non-hydrogen) atoms. The molecule has 0 atom stereocenters. The number of nitrogens with zero attached hydrogens (tertiary/aromatic N) is 3. The van der Waals surface area contributed by atoms with Gasteiger partial charge in [-0.1, -0.05) is 11.8 Å². The van der Waals surface area contributed by atoms with Crippen molar-refractivity contribution in [2.45, 2.75) is 39.4 Å². The van der Waals surface area contributed by atoms with Gasteiger partial charge in [0.25, 0.3) is 0 Å². The summed E-state index contributed by atoms with van der Waals surface area (Å²) in [4.78, 5) is 25.3. The van der Waals surface area contributed by atoms with E-state index in [2.05, 4.69) is 15.5 Å². The Labute approximate surface area is 148 Å². The molecule has 0 aliphatic heterocycles. The van der Waals surface area contributed by atoms with Crippen LogP contribution in [0.1, 0.15) is 34.6 Å². The number of aryl methyl sites for hydroxylation is 2. The first-order chi connectivity index (χ1) is 11.5. The maximum absolute atomic E-state index is 12.2. The lowest BCUT2D eigenvalue weighted by Crippen LogP contribution is -2.16. The van der Waals surface area contributed by atoms with Gasteiger partial charge in [-0.15, -0.1) is 21.5 Å². The topological polar surface area (TPSA) is 86.1 Å². The number of anilines is 1. The second-order valence-corrected chi connectivity index (χ2v) is 7.11. The van der Waals surface area contributed by atoms with Crippen molar-refractivity contribution in [2.75, 3.05) is 17.7 Å². The van der Waals surface area contributed by atoms with Gasteiger partial charge in [-0.2, -0.15) is 0 Å². The average molecular weight is 368 g/mol. The van der Waals surface area contributed by atoms with Crippen LogP contribution in [0.5, 0.6) is 0 Å². The highest BCUT2D eigenvalue weighted by atomic mass is 32.2. The SMILES string of the molecule is CCOC(=O)c1c(NC(=O)CSc2nncn2CC)sc(C)c1C. The van der Waals surface area contributed by atoms with Gasteiger partial charge in [-0.05, 0) is 33.3 Å². The lowest BCUT2D eigenvalue weighted by molar-refractivity contribution is -0.113. The molecule has 2 aromatic heterocycles. The fourth-order valence-corrected chi connectivity index (χ4v) is 3.87. The molecule has 9 heteroatoms. The molecular weight excluding hydrogens is 348 g/mol. The Morgan fingerprint density at radius 2 is 2.12 bits per heavy atom. The molecule has 0 unspecified atom stereocenters. The van der Waals surface area contributed by atoms with Crippen LogP contribution in [0.3, 0.4) is 0 Å². The van der Waals surface area contributed by atoms with Gasteiger partial charge in [0.15, 0.2) is 5.16 Å². The number of hydrogen-bond acceptors (Lipinski definition) is 7. The number of esters is 1. The maximum Gasteiger partial charge on any atom is 0.341 e. The molecule has 0 saturated heterocycles. The van der Waals surface area contributed by atoms with E-state index in [1.165, 1.54) is 23.1 Å². The molecule has 0 aliphatic carbocycles. The molecule has 2 heterocycles. The summed E-state index contributed by atoms with van der Waals surface area (Å²) in [5.74, 6) is -0.415. The molecule has 2 aromatic rings. The number of thioether (sulfide) groups is 1. The van der Waals surface area contributed by atoms with Crippen LogP contribution in [0.15, 0.2) is 11.5 Å². The van der Waals surface area contributed by atoms with Gasteiger partial charge in [-0.3, -0.25) is 4.79 Å². The molecule has 7 nitrogen and oxygen atoms in total. The Bertz CT molecular complexity index is 739. The fourth-order valence-electron chi connectivity index (χ4n) is 2.03. The minimum absolute atomic E-state index is 0.191. The Hall–Kier alpha value is -1.87. The molecular formula is C15H20N4O3S2. The molecule has 0 saturated carbocycles. The molecule has 0 radical (unpaired) electrons. The third kappa shape index (κ3) is 4.15. The quantitative estimate of drug-likeness (QED) is 0.597. The second-order valence-electron chi connectivity index (χ2n) is 4.94. The number of ether oxygens (including phenoxy) is 1. The fraction of sp³-hybridized carbons (Fsp3) is 0.467. The number of carbonyl (C=O) groups excluding carboxylic acids is 2. The van der Waals surface area contributed by atoms with Crippen LogP contribution in [-0.2, 0) is 16.1 Å². The smallest absolute Gasteiger partial charge is 0.341 e. The minimum atomic E-state index is -0.409. The molecule has 130 valence electrons. The number of carbonyl (C=O) groups is 2. The highest BCUT2D eigenvalue weighted by Crippen LogP contribution is 2.33. The van der Waals surface area contributed by atoms with Gasteiger partial charge in [-0.25, -0.2) is 4.79 Å². The largest absolute Gasteiger partial charge is 0.462 e. The van der Waals surface area contributed by atoms with Gasteiger partial charge in [0.05, 0.1) is 17.9 Å². The summed E-state index contributed by atoms with van der Waals surface area (Å²) in [5.41, 5.74) is 1.28. The van der Waals surface area contributed by atoms with E-state index in [1.54, 1.807) is 13.3 Å². The van der Waals surface area contributed by atoms with E-state index in [1.807, 2.05) is 25.3 Å². The van der Waals surface area contributed by atoms with Crippen molar-refractivity contribution in [3.05, 3.63) is 22.3 Å². The van der Waals surface area contributed by atoms with Crippen LogP contribution in [0.25, 0.3) is 0 Å². The van der Waals surface area contributed by atoms with Crippen molar-refractivity contribution in [1.82, 2.24) is 14.8 Å². The Kier molecular flexibility index (Phi) is 6.38. The van der Waals surface area contributed by atoms with Crippen LogP contribution in [0.2, 0.25) is 0 Å². The highest BCUT2D eigenvalue weighted by Gasteiger charge is 2.22. The van der Waals surface area contributed by atoms with Crippen molar-refractivity contribution in [1.29, 1.82) is 0 Å². The van der Waals surface area contributed by atoms with Crippen LogP contribution in [0, 0.1) is 13.8 Å². The van der Waals surface area contributed by atoms with Crippen molar-refractivity contribution in [3.63, 3.8) is 0 Å². The van der Waals surface area contributed by atoms with E-state index >= 15 is 0 Å². The molecule has 1 amide bonds. The summed E-state index contributed by atoms with van der Waals surface area (Å²) in [6.45, 7) is 8.54. The van der Waals surface area contributed by atoms with E-state index in [0.29, 0.717) is 22.3 Å². The molecule has 0 spiro atoms. The van der Waals surface area contributed by atoms with Crippen LogP contribution in [0.4, 0.5) is 5.00 Å². The van der Waals surface area contributed by atoms with Crippen molar-refractivity contribution >= 4 is 40.0 Å². The van der Waals surface area contributed by atoms with E-state index in [9.17, 15) is 9.59 Å². The van der Waals surface area contributed by atoms with Crippen LogP contribution < -0.4 is 5.32 Å². The summed E-state index contributed by atoms with van der Waals surface area (Å²) in [7, 11) is 0. The number of nitrogens with one attached hydrogen (secondary N) is 1. The maximum atomic E-state index is 12.2. The van der Waals surface area contributed by atoms with Crippen LogP contribution >= 0.6 is 23.1 Å². The number of aromatic nitrogens is 3. The number of rotatable bonds is 7. The number of amides is 1. The summed E-state index contributed by atoms with van der Waals surface area (Å²) >= 11 is 2.69. The zero-order valence-electron chi connectivity index (χ0n) is 14.1. The normalized spacial score (nSPS) is 10.7. The molecule has 0 aliphatic rings. The summed E-state index contributed by atoms with van der Waals surface area (Å²) in [6.07, 6.45) is 1.63. The summed E-state index contributed by atoms with van der Waals surface area (Å²) in [5, 5.41) is 11.8. The van der Waals surface area contributed by atoms with E-state index in [4.69, 9.17) is 4.74 Å². The second kappa shape index (κ2) is 8.29. The molecule has 0 aromatic carbocycles. The van der Waals surface area contributed by atoms with Crippen LogP contribution in [-0.4, -0.2) is 39.0 Å². The van der Waals surface area contributed by atoms with Gasteiger partial charge >= 0.3 is 5.97 Å². The number of thiophene rings is 1. The van der Waals surface area contributed by atoms with Crippen molar-refractivity contribution in [3.8, 4) is 0 Å². The Morgan fingerprint density at radius 1 is 1.38 bits per heavy atom. The predicted molar refractivity (Wildman–Crippen MR) is 94.8 cm³/mol. The lowest BCUT2D eigenvalue weighted by atomic mass is 10.1. The first kappa shape index (κ1) is 18.5. The lowest BCUT2D eigenvalue weighted by Gasteiger charge is -2.07. The summed E-state index contributed by atoms with van der Waals surface area (Å²) in [6, 6.07) is 0. The third-order valence-electron chi connectivity index (χ3n) is 3.37. The first-order valence-electron chi connectivity index (χ1n) is 7.55. The van der Waals surface area contributed by atoms with E-state index < -0.39 is 5.97 Å². The van der Waals surface area contributed by atoms with Gasteiger partial charge < -0.3 is 14.6 Å². The van der Waals surface area contributed by atoms with Gasteiger partial charge in [0.2, 0.25) is 5.91 Å². The van der Waals surface area contributed by atoms with Crippen molar-refractivity contribution in [2.24, 2.45) is 0 Å². The number of hydrogen-bond donors (Lipinski definition) is 1. The summed E-state index contributed by atoms with van der Waals surface area (Å²) < 4.78 is 6.95. The average Bonchev–Trinajstić information content (AvgIpc) is 3.10. The molecule has 2 rings (SSSR count). The third-order valence-corrected chi connectivity index (χ3v) is 5.47. The molecule has 0 fully saturated rings. The Balaban J connectivity index is 2.06. The monoisotopic (exact) mass is 368 g/mol. The zero-order chi connectivity index (χ0) is 17.7. The van der Waals surface area contributed by atoms with E-state index in [-0.39, 0.29) is 11.7 Å². The highest BCUT2D eigenvalue weighted by molar-refractivity contribution is 7.99. The molecule has 0 bridgehead atoms. The predicted octanol–water partition coefficient (Wildman–Crippen LogP) is 2.88. The van der Waals surface area contributed by atoms with Crippen molar-refractivity contribution < 1.29 is 14.3 Å². The molecule has 1 N–H and O–H groups in total. The Morgan fingerprint density at radius 3 is 2.79 bits per heavy atom. The zero-order valence-corrected chi connectivity index (χ0v) is 15.7. The van der Waals surface area contributed by atoms with E-state index in [0.717, 1.165) is 17.0 Å². The van der Waals surface area contributed by atoms with Gasteiger partial charge in [0.1, 0.15) is 11.3 Å². The standard InChI is InChI=1S/C15H20N4O3S2/c1-5-19-8-16-18-15(19)23-7-11(20)17-13-12(14(21)22-6-2)9(3)10(4)24-13/h8H,5-7H2,1-4H3,(H,17,20).